The lowest BCUT2D eigenvalue weighted by Crippen LogP contribution is -2.27. The van der Waals surface area contributed by atoms with Crippen molar-refractivity contribution in [2.75, 3.05) is 18.0 Å². The van der Waals surface area contributed by atoms with Crippen molar-refractivity contribution in [1.82, 2.24) is 4.98 Å². The highest BCUT2D eigenvalue weighted by molar-refractivity contribution is 5.67. The lowest BCUT2D eigenvalue weighted by atomic mass is 10.3. The molecule has 1 aromatic heterocycles. The monoisotopic (exact) mass is 222 g/mol. The van der Waals surface area contributed by atoms with Gasteiger partial charge in [0.25, 0.3) is 0 Å². The Hall–Kier alpha value is -1.58. The van der Waals surface area contributed by atoms with E-state index in [1.54, 1.807) is 6.20 Å². The minimum atomic E-state index is -0.770. The van der Waals surface area contributed by atoms with Crippen LogP contribution in [0.25, 0.3) is 0 Å². The van der Waals surface area contributed by atoms with E-state index >= 15 is 0 Å². The molecule has 1 rings (SSSR count). The average Bonchev–Trinajstić information content (AvgIpc) is 2.25. The van der Waals surface area contributed by atoms with E-state index in [-0.39, 0.29) is 6.42 Å². The number of carboxylic acids is 1. The Balaban J connectivity index is 2.68. The molecule has 0 saturated heterocycles. The number of anilines is 1. The normalized spacial score (nSPS) is 10.1. The van der Waals surface area contributed by atoms with Crippen molar-refractivity contribution in [2.45, 2.75) is 26.7 Å². The molecule has 0 fully saturated rings. The van der Waals surface area contributed by atoms with E-state index in [0.717, 1.165) is 24.3 Å². The van der Waals surface area contributed by atoms with Gasteiger partial charge in [-0.1, -0.05) is 13.0 Å². The summed E-state index contributed by atoms with van der Waals surface area (Å²) in [7, 11) is 0. The van der Waals surface area contributed by atoms with Crippen LogP contribution in [0.1, 0.15) is 25.3 Å². The predicted molar refractivity (Wildman–Crippen MR) is 63.7 cm³/mol. The molecule has 0 aliphatic rings. The zero-order valence-electron chi connectivity index (χ0n) is 9.81. The molecule has 0 bridgehead atoms. The molecule has 0 saturated carbocycles. The van der Waals surface area contributed by atoms with Crippen LogP contribution in [0, 0.1) is 6.92 Å². The van der Waals surface area contributed by atoms with E-state index < -0.39 is 5.97 Å². The van der Waals surface area contributed by atoms with Crippen LogP contribution < -0.4 is 4.90 Å². The number of carbonyl (C=O) groups is 1. The molecule has 0 aliphatic heterocycles. The standard InChI is InChI=1S/C12H18N2O2/c1-3-7-14(8-6-12(15)16)11-5-4-10(2)9-13-11/h4-5,9H,3,6-8H2,1-2H3,(H,15,16). The van der Waals surface area contributed by atoms with Gasteiger partial charge in [-0.3, -0.25) is 4.79 Å². The third-order valence-electron chi connectivity index (χ3n) is 2.31. The van der Waals surface area contributed by atoms with Crippen LogP contribution in [-0.2, 0) is 4.79 Å². The van der Waals surface area contributed by atoms with Gasteiger partial charge in [-0.2, -0.15) is 0 Å². The number of aromatic nitrogens is 1. The summed E-state index contributed by atoms with van der Waals surface area (Å²) in [5.41, 5.74) is 1.11. The molecule has 0 spiro atoms. The van der Waals surface area contributed by atoms with Crippen LogP contribution in [0.5, 0.6) is 0 Å². The summed E-state index contributed by atoms with van der Waals surface area (Å²) in [6.07, 6.45) is 2.93. The van der Waals surface area contributed by atoms with Crippen LogP contribution in [0.3, 0.4) is 0 Å². The first kappa shape index (κ1) is 12.5. The molecule has 1 N–H and O–H groups in total. The molecular formula is C12H18N2O2. The van der Waals surface area contributed by atoms with Gasteiger partial charge in [0, 0.05) is 19.3 Å². The maximum atomic E-state index is 10.5. The maximum Gasteiger partial charge on any atom is 0.305 e. The zero-order chi connectivity index (χ0) is 12.0. The van der Waals surface area contributed by atoms with Crippen LogP contribution in [0.2, 0.25) is 0 Å². The Kier molecular flexibility index (Phi) is 4.76. The Bertz CT molecular complexity index is 335. The minimum Gasteiger partial charge on any atom is -0.481 e. The molecule has 4 heteroatoms. The van der Waals surface area contributed by atoms with Crippen molar-refractivity contribution in [3.63, 3.8) is 0 Å². The smallest absolute Gasteiger partial charge is 0.305 e. The van der Waals surface area contributed by atoms with Gasteiger partial charge in [0.05, 0.1) is 6.42 Å². The summed E-state index contributed by atoms with van der Waals surface area (Å²) in [4.78, 5) is 16.9. The number of hydrogen-bond donors (Lipinski definition) is 1. The summed E-state index contributed by atoms with van der Waals surface area (Å²) in [5.74, 6) is 0.0851. The highest BCUT2D eigenvalue weighted by atomic mass is 16.4. The average molecular weight is 222 g/mol. The first-order valence-electron chi connectivity index (χ1n) is 5.53. The number of hydrogen-bond acceptors (Lipinski definition) is 3. The third-order valence-corrected chi connectivity index (χ3v) is 2.31. The van der Waals surface area contributed by atoms with E-state index in [1.807, 2.05) is 24.0 Å². The lowest BCUT2D eigenvalue weighted by Gasteiger charge is -2.22. The fourth-order valence-corrected chi connectivity index (χ4v) is 1.49. The molecule has 0 amide bonds. The molecule has 0 atom stereocenters. The van der Waals surface area contributed by atoms with Crippen LogP contribution >= 0.6 is 0 Å². The van der Waals surface area contributed by atoms with Gasteiger partial charge in [-0.05, 0) is 25.0 Å². The van der Waals surface area contributed by atoms with E-state index in [2.05, 4.69) is 11.9 Å². The summed E-state index contributed by atoms with van der Waals surface area (Å²) < 4.78 is 0. The molecular weight excluding hydrogens is 204 g/mol. The zero-order valence-corrected chi connectivity index (χ0v) is 9.81. The SMILES string of the molecule is CCCN(CCC(=O)O)c1ccc(C)cn1. The molecule has 4 nitrogen and oxygen atoms in total. The maximum absolute atomic E-state index is 10.5. The molecule has 1 heterocycles. The summed E-state index contributed by atoms with van der Waals surface area (Å²) >= 11 is 0. The molecule has 1 aromatic rings. The number of rotatable bonds is 6. The number of nitrogens with zero attached hydrogens (tertiary/aromatic N) is 2. The Morgan fingerprint density at radius 2 is 2.19 bits per heavy atom. The minimum absolute atomic E-state index is 0.148. The fourth-order valence-electron chi connectivity index (χ4n) is 1.49. The number of pyridine rings is 1. The third kappa shape index (κ3) is 3.88. The largest absolute Gasteiger partial charge is 0.481 e. The highest BCUT2D eigenvalue weighted by Gasteiger charge is 2.08. The van der Waals surface area contributed by atoms with E-state index in [0.29, 0.717) is 6.54 Å². The van der Waals surface area contributed by atoms with Gasteiger partial charge in [0.1, 0.15) is 5.82 Å². The molecule has 16 heavy (non-hydrogen) atoms. The molecule has 88 valence electrons. The quantitative estimate of drug-likeness (QED) is 0.800. The summed E-state index contributed by atoms with van der Waals surface area (Å²) in [6, 6.07) is 3.93. The number of aliphatic carboxylic acids is 1. The van der Waals surface area contributed by atoms with Crippen LogP contribution in [-0.4, -0.2) is 29.1 Å². The second-order valence-electron chi connectivity index (χ2n) is 3.82. The van der Waals surface area contributed by atoms with Gasteiger partial charge < -0.3 is 10.0 Å². The Morgan fingerprint density at radius 3 is 2.69 bits per heavy atom. The Labute approximate surface area is 95.9 Å². The van der Waals surface area contributed by atoms with Gasteiger partial charge >= 0.3 is 5.97 Å². The molecule has 0 aliphatic carbocycles. The van der Waals surface area contributed by atoms with Crippen molar-refractivity contribution in [3.05, 3.63) is 23.9 Å². The van der Waals surface area contributed by atoms with Crippen molar-refractivity contribution in [1.29, 1.82) is 0 Å². The van der Waals surface area contributed by atoms with E-state index in [9.17, 15) is 4.79 Å². The molecule has 0 unspecified atom stereocenters. The lowest BCUT2D eigenvalue weighted by molar-refractivity contribution is -0.136. The van der Waals surface area contributed by atoms with Crippen molar-refractivity contribution in [2.24, 2.45) is 0 Å². The van der Waals surface area contributed by atoms with Gasteiger partial charge in [0.2, 0.25) is 0 Å². The summed E-state index contributed by atoms with van der Waals surface area (Å²) in [6.45, 7) is 5.41. The van der Waals surface area contributed by atoms with Gasteiger partial charge in [0.15, 0.2) is 0 Å². The van der Waals surface area contributed by atoms with E-state index in [1.165, 1.54) is 0 Å². The molecule has 0 radical (unpaired) electrons. The predicted octanol–water partition coefficient (Wildman–Crippen LogP) is 2.08. The fraction of sp³-hybridized carbons (Fsp3) is 0.500. The second-order valence-corrected chi connectivity index (χ2v) is 3.82. The van der Waals surface area contributed by atoms with Crippen molar-refractivity contribution in [3.8, 4) is 0 Å². The van der Waals surface area contributed by atoms with Crippen molar-refractivity contribution >= 4 is 11.8 Å². The molecule has 0 aromatic carbocycles. The van der Waals surface area contributed by atoms with E-state index in [4.69, 9.17) is 5.11 Å². The second kappa shape index (κ2) is 6.10. The number of carboxylic acid groups (broad SMARTS) is 1. The Morgan fingerprint density at radius 1 is 1.44 bits per heavy atom. The van der Waals surface area contributed by atoms with Crippen LogP contribution in [0.15, 0.2) is 18.3 Å². The van der Waals surface area contributed by atoms with Gasteiger partial charge in [-0.15, -0.1) is 0 Å². The van der Waals surface area contributed by atoms with Gasteiger partial charge in [-0.25, -0.2) is 4.98 Å². The first-order chi connectivity index (χ1) is 7.63. The van der Waals surface area contributed by atoms with Crippen LogP contribution in [0.4, 0.5) is 5.82 Å². The van der Waals surface area contributed by atoms with Crippen molar-refractivity contribution < 1.29 is 9.90 Å². The number of aryl methyl sites for hydroxylation is 1. The summed E-state index contributed by atoms with van der Waals surface area (Å²) in [5, 5.41) is 8.67. The topological polar surface area (TPSA) is 53.4 Å². The highest BCUT2D eigenvalue weighted by Crippen LogP contribution is 2.11. The first-order valence-corrected chi connectivity index (χ1v) is 5.53.